The zero-order valence-electron chi connectivity index (χ0n) is 18.0. The second-order valence-electron chi connectivity index (χ2n) is 6.77. The van der Waals surface area contributed by atoms with E-state index in [1.165, 1.54) is 0 Å². The van der Waals surface area contributed by atoms with Crippen LogP contribution in [0.15, 0.2) is 59.6 Å². The van der Waals surface area contributed by atoms with Gasteiger partial charge in [-0.2, -0.15) is 0 Å². The predicted octanol–water partition coefficient (Wildman–Crippen LogP) is 3.23. The number of aliphatic hydroxyl groups is 1. The summed E-state index contributed by atoms with van der Waals surface area (Å²) in [6.07, 6.45) is 0. The Hall–Kier alpha value is -2.13. The van der Waals surface area contributed by atoms with Crippen molar-refractivity contribution in [1.29, 1.82) is 0 Å². The molecule has 1 atom stereocenters. The zero-order valence-corrected chi connectivity index (χ0v) is 20.3. The van der Waals surface area contributed by atoms with E-state index in [-0.39, 0.29) is 42.4 Å². The molecule has 2 rings (SSSR count). The van der Waals surface area contributed by atoms with Crippen LogP contribution in [-0.2, 0) is 6.54 Å². The van der Waals surface area contributed by atoms with Gasteiger partial charge in [-0.3, -0.25) is 9.79 Å². The van der Waals surface area contributed by atoms with E-state index in [1.54, 1.807) is 7.05 Å². The Balaban J connectivity index is 0.00000450. The van der Waals surface area contributed by atoms with E-state index in [0.29, 0.717) is 37.7 Å². The average molecular weight is 524 g/mol. The molecule has 0 aliphatic rings. The number of aliphatic imine (C=N–C) groups is 1. The van der Waals surface area contributed by atoms with Gasteiger partial charge in [0, 0.05) is 44.7 Å². The van der Waals surface area contributed by atoms with E-state index in [4.69, 9.17) is 0 Å². The number of rotatable bonds is 9. The van der Waals surface area contributed by atoms with Gasteiger partial charge < -0.3 is 20.6 Å². The summed E-state index contributed by atoms with van der Waals surface area (Å²) in [4.78, 5) is 18.4. The molecule has 164 valence electrons. The fraction of sp³-hybridized carbons (Fsp3) is 0.391. The van der Waals surface area contributed by atoms with Crippen LogP contribution < -0.4 is 10.6 Å². The molecular formula is C23H33IN4O2. The maximum atomic E-state index is 12.4. The largest absolute Gasteiger partial charge is 0.396 e. The molecule has 0 heterocycles. The van der Waals surface area contributed by atoms with Crippen molar-refractivity contribution in [1.82, 2.24) is 15.5 Å². The monoisotopic (exact) mass is 524 g/mol. The number of nitrogens with one attached hydrogen (secondary N) is 2. The molecule has 2 aromatic rings. The number of hydrogen-bond donors (Lipinski definition) is 3. The maximum absolute atomic E-state index is 12.4. The van der Waals surface area contributed by atoms with Gasteiger partial charge in [-0.05, 0) is 37.1 Å². The molecule has 1 unspecified atom stereocenters. The Morgan fingerprint density at radius 3 is 2.20 bits per heavy atom. The van der Waals surface area contributed by atoms with Crippen LogP contribution in [-0.4, -0.2) is 55.2 Å². The molecule has 0 saturated carbocycles. The van der Waals surface area contributed by atoms with Gasteiger partial charge in [-0.1, -0.05) is 42.5 Å². The third-order valence-electron chi connectivity index (χ3n) is 4.94. The SMILES string of the molecule is CCN(CC)C(=O)c1ccc(CNC(=NC)NCC(CO)c2ccccc2)cc1.I. The van der Waals surface area contributed by atoms with Crippen LogP contribution in [0.2, 0.25) is 0 Å². The molecule has 30 heavy (non-hydrogen) atoms. The highest BCUT2D eigenvalue weighted by molar-refractivity contribution is 14.0. The zero-order chi connectivity index (χ0) is 21.1. The molecule has 2 aromatic carbocycles. The van der Waals surface area contributed by atoms with Gasteiger partial charge in [0.2, 0.25) is 0 Å². The van der Waals surface area contributed by atoms with Gasteiger partial charge in [0.05, 0.1) is 6.61 Å². The Morgan fingerprint density at radius 2 is 1.67 bits per heavy atom. The Morgan fingerprint density at radius 1 is 1.03 bits per heavy atom. The second kappa shape index (κ2) is 14.0. The van der Waals surface area contributed by atoms with Gasteiger partial charge in [-0.15, -0.1) is 24.0 Å². The van der Waals surface area contributed by atoms with Crippen molar-refractivity contribution in [2.45, 2.75) is 26.3 Å². The lowest BCUT2D eigenvalue weighted by Gasteiger charge is -2.19. The molecule has 0 aromatic heterocycles. The average Bonchev–Trinajstić information content (AvgIpc) is 2.78. The van der Waals surface area contributed by atoms with Crippen LogP contribution in [0, 0.1) is 0 Å². The predicted molar refractivity (Wildman–Crippen MR) is 134 cm³/mol. The van der Waals surface area contributed by atoms with Gasteiger partial charge >= 0.3 is 0 Å². The Kier molecular flexibility index (Phi) is 12.1. The highest BCUT2D eigenvalue weighted by atomic mass is 127. The Bertz CT molecular complexity index is 778. The number of nitrogens with zero attached hydrogens (tertiary/aromatic N) is 2. The molecule has 6 nitrogen and oxygen atoms in total. The number of aliphatic hydroxyl groups excluding tert-OH is 1. The smallest absolute Gasteiger partial charge is 0.253 e. The van der Waals surface area contributed by atoms with Crippen molar-refractivity contribution >= 4 is 35.8 Å². The van der Waals surface area contributed by atoms with E-state index in [1.807, 2.05) is 73.3 Å². The lowest BCUT2D eigenvalue weighted by Crippen LogP contribution is -2.39. The van der Waals surface area contributed by atoms with Crippen LogP contribution in [0.1, 0.15) is 41.3 Å². The summed E-state index contributed by atoms with van der Waals surface area (Å²) in [6.45, 7) is 6.62. The fourth-order valence-electron chi connectivity index (χ4n) is 3.10. The van der Waals surface area contributed by atoms with E-state index in [9.17, 15) is 9.90 Å². The van der Waals surface area contributed by atoms with Gasteiger partial charge in [-0.25, -0.2) is 0 Å². The van der Waals surface area contributed by atoms with E-state index in [0.717, 1.165) is 11.1 Å². The molecule has 0 radical (unpaired) electrons. The summed E-state index contributed by atoms with van der Waals surface area (Å²) in [5.41, 5.74) is 2.85. The van der Waals surface area contributed by atoms with E-state index < -0.39 is 0 Å². The third kappa shape index (κ3) is 7.60. The highest BCUT2D eigenvalue weighted by Gasteiger charge is 2.13. The quantitative estimate of drug-likeness (QED) is 0.268. The number of hydrogen-bond acceptors (Lipinski definition) is 3. The van der Waals surface area contributed by atoms with Crippen molar-refractivity contribution in [3.63, 3.8) is 0 Å². The number of carbonyl (C=O) groups excluding carboxylic acids is 1. The lowest BCUT2D eigenvalue weighted by molar-refractivity contribution is 0.0773. The lowest BCUT2D eigenvalue weighted by atomic mass is 10.0. The molecular weight excluding hydrogens is 491 g/mol. The standard InChI is InChI=1S/C23H32N4O2.HI/c1-4-27(5-2)22(29)20-13-11-18(12-14-20)15-25-23(24-3)26-16-21(17-28)19-9-7-6-8-10-19;/h6-14,21,28H,4-5,15-17H2,1-3H3,(H2,24,25,26);1H. The first-order chi connectivity index (χ1) is 14.1. The topological polar surface area (TPSA) is 77.0 Å². The van der Waals surface area contributed by atoms with Crippen LogP contribution in [0.25, 0.3) is 0 Å². The molecule has 0 aliphatic heterocycles. The van der Waals surface area contributed by atoms with E-state index >= 15 is 0 Å². The summed E-state index contributed by atoms with van der Waals surface area (Å²) >= 11 is 0. The minimum atomic E-state index is 0. The molecule has 0 fully saturated rings. The maximum Gasteiger partial charge on any atom is 0.253 e. The fourth-order valence-corrected chi connectivity index (χ4v) is 3.10. The molecule has 0 bridgehead atoms. The molecule has 3 N–H and O–H groups in total. The van der Waals surface area contributed by atoms with Gasteiger partial charge in [0.25, 0.3) is 5.91 Å². The first-order valence-electron chi connectivity index (χ1n) is 10.1. The van der Waals surface area contributed by atoms with Crippen molar-refractivity contribution in [2.75, 3.05) is 33.3 Å². The minimum Gasteiger partial charge on any atom is -0.396 e. The summed E-state index contributed by atoms with van der Waals surface area (Å²) in [5, 5.41) is 16.2. The van der Waals surface area contributed by atoms with Crippen molar-refractivity contribution < 1.29 is 9.90 Å². The third-order valence-corrected chi connectivity index (χ3v) is 4.94. The highest BCUT2D eigenvalue weighted by Crippen LogP contribution is 2.13. The first kappa shape index (κ1) is 25.9. The molecule has 0 saturated heterocycles. The normalized spacial score (nSPS) is 11.9. The molecule has 1 amide bonds. The van der Waals surface area contributed by atoms with Crippen molar-refractivity contribution in [3.05, 3.63) is 71.3 Å². The number of carbonyl (C=O) groups is 1. The molecule has 0 spiro atoms. The van der Waals surface area contributed by atoms with Crippen LogP contribution in [0.5, 0.6) is 0 Å². The van der Waals surface area contributed by atoms with Crippen molar-refractivity contribution in [3.8, 4) is 0 Å². The Labute approximate surface area is 196 Å². The summed E-state index contributed by atoms with van der Waals surface area (Å²) in [5.74, 6) is 0.728. The van der Waals surface area contributed by atoms with Gasteiger partial charge in [0.15, 0.2) is 5.96 Å². The summed E-state index contributed by atoms with van der Waals surface area (Å²) in [7, 11) is 1.72. The molecule has 0 aliphatic carbocycles. The van der Waals surface area contributed by atoms with Crippen molar-refractivity contribution in [2.24, 2.45) is 4.99 Å². The number of benzene rings is 2. The van der Waals surface area contributed by atoms with Crippen LogP contribution in [0.3, 0.4) is 0 Å². The van der Waals surface area contributed by atoms with Gasteiger partial charge in [0.1, 0.15) is 0 Å². The second-order valence-corrected chi connectivity index (χ2v) is 6.77. The first-order valence-corrected chi connectivity index (χ1v) is 10.1. The number of guanidine groups is 1. The summed E-state index contributed by atoms with van der Waals surface area (Å²) in [6, 6.07) is 17.6. The molecule has 7 heteroatoms. The number of halogens is 1. The van der Waals surface area contributed by atoms with Crippen LogP contribution in [0.4, 0.5) is 0 Å². The summed E-state index contributed by atoms with van der Waals surface area (Å²) < 4.78 is 0. The van der Waals surface area contributed by atoms with E-state index in [2.05, 4.69) is 15.6 Å². The van der Waals surface area contributed by atoms with Crippen LogP contribution >= 0.6 is 24.0 Å². The minimum absolute atomic E-state index is 0. The number of amides is 1.